The average Bonchev–Trinajstić information content (AvgIpc) is 2.45. The Morgan fingerprint density at radius 1 is 1.20 bits per heavy atom. The highest BCUT2D eigenvalue weighted by Gasteiger charge is 2.17. The van der Waals surface area contributed by atoms with Gasteiger partial charge in [0.2, 0.25) is 5.91 Å². The number of phenols is 1. The summed E-state index contributed by atoms with van der Waals surface area (Å²) < 4.78 is 0.937. The highest BCUT2D eigenvalue weighted by molar-refractivity contribution is 9.10. The van der Waals surface area contributed by atoms with E-state index in [1.165, 1.54) is 4.90 Å². The van der Waals surface area contributed by atoms with E-state index in [-0.39, 0.29) is 18.2 Å². The van der Waals surface area contributed by atoms with Crippen molar-refractivity contribution in [1.29, 1.82) is 0 Å². The zero-order valence-corrected chi connectivity index (χ0v) is 12.4. The number of rotatable bonds is 4. The number of hydrogen-bond donors (Lipinski definition) is 2. The van der Waals surface area contributed by atoms with Crippen LogP contribution in [-0.4, -0.2) is 17.6 Å². The van der Waals surface area contributed by atoms with Crippen LogP contribution in [0.25, 0.3) is 0 Å². The molecule has 2 rings (SSSR count). The minimum absolute atomic E-state index is 0.0595. The summed E-state index contributed by atoms with van der Waals surface area (Å²) in [7, 11) is 0. The monoisotopic (exact) mass is 334 g/mol. The molecule has 0 saturated heterocycles. The Hall–Kier alpha value is -1.85. The second-order valence-corrected chi connectivity index (χ2v) is 5.22. The van der Waals surface area contributed by atoms with E-state index in [2.05, 4.69) is 15.9 Å². The number of carbonyl (C=O) groups excluding carboxylic acids is 1. The van der Waals surface area contributed by atoms with Gasteiger partial charge in [0.15, 0.2) is 0 Å². The molecule has 0 radical (unpaired) electrons. The third-order valence-electron chi connectivity index (χ3n) is 2.88. The molecule has 4 nitrogen and oxygen atoms in total. The molecule has 0 unspecified atom stereocenters. The third-order valence-corrected chi connectivity index (χ3v) is 3.37. The van der Waals surface area contributed by atoms with Gasteiger partial charge in [-0.15, -0.1) is 0 Å². The summed E-state index contributed by atoms with van der Waals surface area (Å²) in [6.45, 7) is 0.245. The van der Waals surface area contributed by atoms with E-state index < -0.39 is 0 Å². The number of phenolic OH excluding ortho intramolecular Hbond substituents is 1. The van der Waals surface area contributed by atoms with E-state index in [1.807, 2.05) is 24.3 Å². The lowest BCUT2D eigenvalue weighted by Gasteiger charge is -2.23. The molecule has 104 valence electrons. The number of para-hydroxylation sites is 2. The predicted octanol–water partition coefficient (Wildman–Crippen LogP) is 2.65. The van der Waals surface area contributed by atoms with Crippen LogP contribution < -0.4 is 10.6 Å². The van der Waals surface area contributed by atoms with E-state index in [9.17, 15) is 9.90 Å². The molecule has 0 aliphatic rings. The van der Waals surface area contributed by atoms with Crippen LogP contribution in [0.15, 0.2) is 53.0 Å². The molecule has 5 heteroatoms. The first-order chi connectivity index (χ1) is 9.61. The fourth-order valence-corrected chi connectivity index (χ4v) is 2.37. The number of carbonyl (C=O) groups is 1. The summed E-state index contributed by atoms with van der Waals surface area (Å²) in [5, 5.41) is 9.91. The lowest BCUT2D eigenvalue weighted by Crippen LogP contribution is -2.35. The first kappa shape index (κ1) is 14.6. The Morgan fingerprint density at radius 3 is 2.60 bits per heavy atom. The number of nitrogens with two attached hydrogens (primary N) is 1. The zero-order chi connectivity index (χ0) is 14.5. The molecule has 2 aromatic carbocycles. The van der Waals surface area contributed by atoms with Crippen molar-refractivity contribution < 1.29 is 9.90 Å². The SMILES string of the molecule is NCC(=O)N(Cc1cccc(Br)c1)c1ccccc1O. The van der Waals surface area contributed by atoms with Gasteiger partial charge in [-0.25, -0.2) is 0 Å². The molecular weight excluding hydrogens is 320 g/mol. The van der Waals surface area contributed by atoms with Crippen LogP contribution in [0.3, 0.4) is 0 Å². The van der Waals surface area contributed by atoms with Gasteiger partial charge >= 0.3 is 0 Å². The van der Waals surface area contributed by atoms with Crippen molar-refractivity contribution in [2.75, 3.05) is 11.4 Å². The van der Waals surface area contributed by atoms with Gasteiger partial charge in [-0.3, -0.25) is 4.79 Å². The van der Waals surface area contributed by atoms with Gasteiger partial charge in [-0.05, 0) is 29.8 Å². The zero-order valence-electron chi connectivity index (χ0n) is 10.8. The van der Waals surface area contributed by atoms with Crippen LogP contribution in [0.2, 0.25) is 0 Å². The summed E-state index contributed by atoms with van der Waals surface area (Å²) in [5.41, 5.74) is 6.87. The van der Waals surface area contributed by atoms with Crippen LogP contribution in [0.4, 0.5) is 5.69 Å². The Bertz CT molecular complexity index is 616. The Kier molecular flexibility index (Phi) is 4.76. The number of nitrogens with zero attached hydrogens (tertiary/aromatic N) is 1. The maximum absolute atomic E-state index is 12.0. The van der Waals surface area contributed by atoms with Gasteiger partial charge in [0.25, 0.3) is 0 Å². The summed E-state index contributed by atoms with van der Waals surface area (Å²) in [5.74, 6) is -0.184. The second-order valence-electron chi connectivity index (χ2n) is 4.30. The molecule has 0 fully saturated rings. The van der Waals surface area contributed by atoms with Crippen molar-refractivity contribution in [2.24, 2.45) is 5.73 Å². The first-order valence-electron chi connectivity index (χ1n) is 6.14. The molecule has 3 N–H and O–H groups in total. The van der Waals surface area contributed by atoms with Crippen molar-refractivity contribution in [3.8, 4) is 5.75 Å². The summed E-state index contributed by atoms with van der Waals surface area (Å²) >= 11 is 3.40. The lowest BCUT2D eigenvalue weighted by molar-refractivity contribution is -0.117. The van der Waals surface area contributed by atoms with Crippen LogP contribution >= 0.6 is 15.9 Å². The predicted molar refractivity (Wildman–Crippen MR) is 82.5 cm³/mol. The van der Waals surface area contributed by atoms with E-state index >= 15 is 0 Å². The minimum atomic E-state index is -0.244. The number of aromatic hydroxyl groups is 1. The standard InChI is InChI=1S/C15H15BrN2O2/c16-12-5-3-4-11(8-12)10-18(15(20)9-17)13-6-1-2-7-14(13)19/h1-8,19H,9-10,17H2. The number of halogens is 1. The van der Waals surface area contributed by atoms with Crippen molar-refractivity contribution in [1.82, 2.24) is 0 Å². The minimum Gasteiger partial charge on any atom is -0.506 e. The molecule has 0 aliphatic heterocycles. The molecule has 0 atom stereocenters. The molecule has 0 aromatic heterocycles. The van der Waals surface area contributed by atoms with Gasteiger partial charge in [0.05, 0.1) is 18.8 Å². The number of anilines is 1. The van der Waals surface area contributed by atoms with E-state index in [0.29, 0.717) is 12.2 Å². The molecule has 0 bridgehead atoms. The van der Waals surface area contributed by atoms with Gasteiger partial charge in [-0.2, -0.15) is 0 Å². The van der Waals surface area contributed by atoms with E-state index in [1.54, 1.807) is 24.3 Å². The van der Waals surface area contributed by atoms with Gasteiger partial charge in [0.1, 0.15) is 5.75 Å². The fourth-order valence-electron chi connectivity index (χ4n) is 1.93. The van der Waals surface area contributed by atoms with Gasteiger partial charge in [-0.1, -0.05) is 40.2 Å². The lowest BCUT2D eigenvalue weighted by atomic mass is 10.2. The van der Waals surface area contributed by atoms with Crippen LogP contribution in [-0.2, 0) is 11.3 Å². The topological polar surface area (TPSA) is 66.6 Å². The highest BCUT2D eigenvalue weighted by Crippen LogP contribution is 2.28. The van der Waals surface area contributed by atoms with Gasteiger partial charge < -0.3 is 15.7 Å². The molecule has 20 heavy (non-hydrogen) atoms. The molecule has 2 aromatic rings. The fraction of sp³-hybridized carbons (Fsp3) is 0.133. The molecule has 0 saturated carbocycles. The summed E-state index contributed by atoms with van der Waals surface area (Å²) in [6.07, 6.45) is 0. The number of amides is 1. The molecule has 0 spiro atoms. The molecule has 1 amide bonds. The number of benzene rings is 2. The van der Waals surface area contributed by atoms with E-state index in [0.717, 1.165) is 10.0 Å². The molecule has 0 aliphatic carbocycles. The third kappa shape index (κ3) is 3.37. The van der Waals surface area contributed by atoms with Crippen molar-refractivity contribution >= 4 is 27.5 Å². The quantitative estimate of drug-likeness (QED) is 0.903. The van der Waals surface area contributed by atoms with Crippen LogP contribution in [0, 0.1) is 0 Å². The smallest absolute Gasteiger partial charge is 0.241 e. The molecule has 0 heterocycles. The Morgan fingerprint density at radius 2 is 1.95 bits per heavy atom. The maximum Gasteiger partial charge on any atom is 0.241 e. The number of hydrogen-bond acceptors (Lipinski definition) is 3. The van der Waals surface area contributed by atoms with Crippen molar-refractivity contribution in [3.05, 3.63) is 58.6 Å². The molecular formula is C15H15BrN2O2. The van der Waals surface area contributed by atoms with Crippen molar-refractivity contribution in [2.45, 2.75) is 6.54 Å². The summed E-state index contributed by atoms with van der Waals surface area (Å²) in [6, 6.07) is 14.4. The first-order valence-corrected chi connectivity index (χ1v) is 6.94. The van der Waals surface area contributed by atoms with Crippen molar-refractivity contribution in [3.63, 3.8) is 0 Å². The second kappa shape index (κ2) is 6.54. The highest BCUT2D eigenvalue weighted by atomic mass is 79.9. The Labute approximate surface area is 126 Å². The maximum atomic E-state index is 12.0. The normalized spacial score (nSPS) is 10.3. The Balaban J connectivity index is 2.34. The summed E-state index contributed by atoms with van der Waals surface area (Å²) in [4.78, 5) is 13.5. The van der Waals surface area contributed by atoms with E-state index in [4.69, 9.17) is 5.73 Å². The van der Waals surface area contributed by atoms with Crippen LogP contribution in [0.1, 0.15) is 5.56 Å². The average molecular weight is 335 g/mol. The van der Waals surface area contributed by atoms with Gasteiger partial charge in [0, 0.05) is 4.47 Å². The largest absolute Gasteiger partial charge is 0.506 e. The van der Waals surface area contributed by atoms with Crippen LogP contribution in [0.5, 0.6) is 5.75 Å².